The van der Waals surface area contributed by atoms with Gasteiger partial charge in [0.2, 0.25) is 0 Å². The van der Waals surface area contributed by atoms with Crippen molar-refractivity contribution in [2.45, 2.75) is 30.7 Å². The number of ketones is 1. The summed E-state index contributed by atoms with van der Waals surface area (Å²) >= 11 is 0. The molecule has 0 saturated heterocycles. The summed E-state index contributed by atoms with van der Waals surface area (Å²) in [5, 5.41) is 0. The average molecular weight is 511 g/mol. The lowest BCUT2D eigenvalue weighted by Gasteiger charge is -2.12. The van der Waals surface area contributed by atoms with Gasteiger partial charge in [-0.2, -0.15) is 0 Å². The first-order valence-corrected chi connectivity index (χ1v) is 13.9. The highest BCUT2D eigenvalue weighted by Crippen LogP contribution is 2.32. The Morgan fingerprint density at radius 3 is 2.35 bits per heavy atom. The van der Waals surface area contributed by atoms with Crippen molar-refractivity contribution in [2.24, 2.45) is 0 Å². The van der Waals surface area contributed by atoms with Crippen LogP contribution in [-0.4, -0.2) is 40.0 Å². The lowest BCUT2D eigenvalue weighted by Crippen LogP contribution is -2.02. The van der Waals surface area contributed by atoms with Crippen molar-refractivity contribution in [1.82, 2.24) is 19.5 Å². The second-order valence-electron chi connectivity index (χ2n) is 8.97. The number of fused-ring (bicyclic) bond motifs is 1. The molecule has 0 spiro atoms. The van der Waals surface area contributed by atoms with E-state index in [0.29, 0.717) is 40.0 Å². The molecule has 186 valence electrons. The molecular formula is C29H26N4O3S. The Kier molecular flexibility index (Phi) is 6.92. The van der Waals surface area contributed by atoms with Crippen molar-refractivity contribution in [2.75, 3.05) is 6.26 Å². The summed E-state index contributed by atoms with van der Waals surface area (Å²) in [5.41, 5.74) is 4.59. The fourth-order valence-corrected chi connectivity index (χ4v) is 4.91. The zero-order valence-corrected chi connectivity index (χ0v) is 21.2. The summed E-state index contributed by atoms with van der Waals surface area (Å²) in [7, 11) is -3.38. The maximum absolute atomic E-state index is 12.9. The van der Waals surface area contributed by atoms with E-state index in [2.05, 4.69) is 4.98 Å². The standard InChI is InChI=1S/C29H26N4O3S/c1-37(35,36)24-11-7-10-23(18-24)29-28(21-8-3-2-4-9-21)32-26-19-22(13-14-25(26)31-29)27(34)12-5-6-16-33-17-15-30-20-33/h2-4,7-11,13-15,17-20H,5-6,12,16H2,1H3. The summed E-state index contributed by atoms with van der Waals surface area (Å²) in [4.78, 5) is 26.9. The highest BCUT2D eigenvalue weighted by Gasteiger charge is 2.17. The molecule has 0 amide bonds. The Hall–Kier alpha value is -4.17. The molecule has 0 atom stereocenters. The zero-order chi connectivity index (χ0) is 25.8. The van der Waals surface area contributed by atoms with E-state index in [0.717, 1.165) is 24.9 Å². The number of carbonyl (C=O) groups excluding carboxylic acids is 1. The van der Waals surface area contributed by atoms with Gasteiger partial charge in [-0.25, -0.2) is 23.4 Å². The smallest absolute Gasteiger partial charge is 0.175 e. The first-order valence-electron chi connectivity index (χ1n) is 12.1. The first kappa shape index (κ1) is 24.5. The molecule has 7 nitrogen and oxygen atoms in total. The molecular weight excluding hydrogens is 484 g/mol. The van der Waals surface area contributed by atoms with Gasteiger partial charge >= 0.3 is 0 Å². The Morgan fingerprint density at radius 2 is 1.59 bits per heavy atom. The van der Waals surface area contributed by atoms with Crippen LogP contribution >= 0.6 is 0 Å². The first-order chi connectivity index (χ1) is 17.9. The number of carbonyl (C=O) groups is 1. The predicted molar refractivity (Wildman–Crippen MR) is 144 cm³/mol. The van der Waals surface area contributed by atoms with Gasteiger partial charge in [-0.1, -0.05) is 42.5 Å². The number of hydrogen-bond acceptors (Lipinski definition) is 6. The molecule has 37 heavy (non-hydrogen) atoms. The van der Waals surface area contributed by atoms with Crippen LogP contribution in [0.4, 0.5) is 0 Å². The lowest BCUT2D eigenvalue weighted by atomic mass is 10.0. The van der Waals surface area contributed by atoms with E-state index in [1.54, 1.807) is 48.9 Å². The van der Waals surface area contributed by atoms with Gasteiger partial charge in [0.1, 0.15) is 0 Å². The zero-order valence-electron chi connectivity index (χ0n) is 20.4. The highest BCUT2D eigenvalue weighted by atomic mass is 32.2. The molecule has 0 radical (unpaired) electrons. The molecule has 0 aliphatic rings. The minimum Gasteiger partial charge on any atom is -0.337 e. The molecule has 0 aliphatic carbocycles. The van der Waals surface area contributed by atoms with Crippen LogP contribution < -0.4 is 0 Å². The van der Waals surface area contributed by atoms with Gasteiger partial charge in [0, 0.05) is 48.3 Å². The molecule has 0 saturated carbocycles. The third kappa shape index (κ3) is 5.65. The molecule has 3 aromatic carbocycles. The van der Waals surface area contributed by atoms with Gasteiger partial charge in [0.25, 0.3) is 0 Å². The van der Waals surface area contributed by atoms with Crippen LogP contribution in [-0.2, 0) is 16.4 Å². The molecule has 2 aromatic heterocycles. The normalized spacial score (nSPS) is 11.6. The number of aromatic nitrogens is 4. The molecule has 8 heteroatoms. The van der Waals surface area contributed by atoms with E-state index in [-0.39, 0.29) is 10.7 Å². The van der Waals surface area contributed by atoms with Gasteiger partial charge in [-0.3, -0.25) is 4.79 Å². The summed E-state index contributed by atoms with van der Waals surface area (Å²) in [6.45, 7) is 0.834. The number of Topliss-reactive ketones (excluding diaryl/α,β-unsaturated/α-hetero) is 1. The van der Waals surface area contributed by atoms with Crippen LogP contribution in [0.5, 0.6) is 0 Å². The van der Waals surface area contributed by atoms with Gasteiger partial charge in [0.05, 0.1) is 33.6 Å². The van der Waals surface area contributed by atoms with Gasteiger partial charge in [-0.05, 0) is 43.2 Å². The van der Waals surface area contributed by atoms with E-state index in [1.165, 1.54) is 6.26 Å². The van der Waals surface area contributed by atoms with Crippen LogP contribution in [0.2, 0.25) is 0 Å². The molecule has 2 heterocycles. The van der Waals surface area contributed by atoms with Crippen molar-refractivity contribution in [3.8, 4) is 22.5 Å². The molecule has 5 aromatic rings. The predicted octanol–water partition coefficient (Wildman–Crippen LogP) is 5.62. The monoisotopic (exact) mass is 510 g/mol. The number of rotatable bonds is 9. The molecule has 0 bridgehead atoms. The summed E-state index contributed by atoms with van der Waals surface area (Å²) in [6.07, 6.45) is 8.76. The third-order valence-electron chi connectivity index (χ3n) is 6.20. The number of aryl methyl sites for hydroxylation is 1. The Morgan fingerprint density at radius 1 is 0.838 bits per heavy atom. The topological polar surface area (TPSA) is 94.8 Å². The van der Waals surface area contributed by atoms with Gasteiger partial charge < -0.3 is 4.57 Å². The number of benzene rings is 3. The lowest BCUT2D eigenvalue weighted by molar-refractivity contribution is 0.0979. The Bertz CT molecular complexity index is 1660. The Balaban J connectivity index is 1.48. The number of unbranched alkanes of at least 4 members (excludes halogenated alkanes) is 1. The number of hydrogen-bond donors (Lipinski definition) is 0. The summed E-state index contributed by atoms with van der Waals surface area (Å²) in [5.74, 6) is 0.0699. The second-order valence-corrected chi connectivity index (χ2v) is 11.0. The van der Waals surface area contributed by atoms with Crippen molar-refractivity contribution in [3.63, 3.8) is 0 Å². The number of sulfone groups is 1. The van der Waals surface area contributed by atoms with E-state index in [9.17, 15) is 13.2 Å². The fraction of sp³-hybridized carbons (Fsp3) is 0.172. The third-order valence-corrected chi connectivity index (χ3v) is 7.31. The molecule has 0 fully saturated rings. The largest absolute Gasteiger partial charge is 0.337 e. The van der Waals surface area contributed by atoms with Crippen LogP contribution in [0, 0.1) is 0 Å². The molecule has 5 rings (SSSR count). The maximum atomic E-state index is 12.9. The van der Waals surface area contributed by atoms with Crippen LogP contribution in [0.15, 0.2) is 96.4 Å². The van der Waals surface area contributed by atoms with E-state index >= 15 is 0 Å². The van der Waals surface area contributed by atoms with Gasteiger partial charge in [-0.15, -0.1) is 0 Å². The fourth-order valence-electron chi connectivity index (χ4n) is 4.24. The number of nitrogens with zero attached hydrogens (tertiary/aromatic N) is 4. The van der Waals surface area contributed by atoms with E-state index in [1.807, 2.05) is 47.2 Å². The second kappa shape index (κ2) is 10.4. The number of imidazole rings is 1. The van der Waals surface area contributed by atoms with Crippen molar-refractivity contribution < 1.29 is 13.2 Å². The van der Waals surface area contributed by atoms with E-state index < -0.39 is 9.84 Å². The molecule has 0 unspecified atom stereocenters. The molecule has 0 aliphatic heterocycles. The maximum Gasteiger partial charge on any atom is 0.175 e. The van der Waals surface area contributed by atoms with Crippen LogP contribution in [0.3, 0.4) is 0 Å². The van der Waals surface area contributed by atoms with Crippen LogP contribution in [0.1, 0.15) is 29.6 Å². The van der Waals surface area contributed by atoms with Crippen LogP contribution in [0.25, 0.3) is 33.5 Å². The van der Waals surface area contributed by atoms with Crippen molar-refractivity contribution in [1.29, 1.82) is 0 Å². The average Bonchev–Trinajstić information content (AvgIpc) is 3.44. The summed E-state index contributed by atoms with van der Waals surface area (Å²) in [6, 6.07) is 21.8. The summed E-state index contributed by atoms with van der Waals surface area (Å²) < 4.78 is 26.3. The highest BCUT2D eigenvalue weighted by molar-refractivity contribution is 7.90. The quantitative estimate of drug-likeness (QED) is 0.189. The SMILES string of the molecule is CS(=O)(=O)c1cccc(-c2nc3ccc(C(=O)CCCCn4ccnc4)cc3nc2-c2ccccc2)c1. The van der Waals surface area contributed by atoms with E-state index in [4.69, 9.17) is 9.97 Å². The van der Waals surface area contributed by atoms with Gasteiger partial charge in [0.15, 0.2) is 15.6 Å². The van der Waals surface area contributed by atoms with Crippen molar-refractivity contribution in [3.05, 3.63) is 97.1 Å². The Labute approximate surface area is 215 Å². The molecule has 0 N–H and O–H groups in total. The minimum atomic E-state index is -3.38. The van der Waals surface area contributed by atoms with Crippen molar-refractivity contribution >= 4 is 26.7 Å². The minimum absolute atomic E-state index is 0.0699.